The first kappa shape index (κ1) is 33.7. The van der Waals surface area contributed by atoms with Crippen molar-refractivity contribution >= 4 is 0 Å². The van der Waals surface area contributed by atoms with Crippen molar-refractivity contribution in [3.8, 4) is 0 Å². The Hall–Kier alpha value is 1.21. The molecule has 0 fully saturated rings. The van der Waals surface area contributed by atoms with E-state index in [0.29, 0.717) is 0 Å². The second-order valence-corrected chi connectivity index (χ2v) is 5.40. The number of rotatable bonds is 10. The number of hydrogen-bond donors (Lipinski definition) is 2. The molecule has 0 aliphatic carbocycles. The van der Waals surface area contributed by atoms with Crippen LogP contribution in [0.2, 0.25) is 0 Å². The second-order valence-electron chi connectivity index (χ2n) is 5.40. The molecule has 5 heteroatoms. The zero-order valence-electron chi connectivity index (χ0n) is 14.4. The Kier molecular flexibility index (Phi) is 47.0. The SMILES string of the molecule is CCCCCCC(C)O.CCCCCCC(C)O.[Cl-].[Cl-].[Ti+2]. The van der Waals surface area contributed by atoms with E-state index in [1.165, 1.54) is 51.4 Å². The molecule has 21 heavy (non-hydrogen) atoms. The van der Waals surface area contributed by atoms with Gasteiger partial charge in [-0.25, -0.2) is 0 Å². The van der Waals surface area contributed by atoms with E-state index in [1.807, 2.05) is 13.8 Å². The Bertz CT molecular complexity index is 132. The van der Waals surface area contributed by atoms with Gasteiger partial charge in [-0.3, -0.25) is 0 Å². The summed E-state index contributed by atoms with van der Waals surface area (Å²) >= 11 is 0. The van der Waals surface area contributed by atoms with Crippen LogP contribution in [-0.2, 0) is 21.7 Å². The third-order valence-corrected chi connectivity index (χ3v) is 2.95. The Morgan fingerprint density at radius 3 is 1.10 bits per heavy atom. The minimum absolute atomic E-state index is 0. The van der Waals surface area contributed by atoms with Crippen LogP contribution in [0.1, 0.15) is 91.9 Å². The van der Waals surface area contributed by atoms with Crippen molar-refractivity contribution in [2.24, 2.45) is 0 Å². The molecule has 0 bridgehead atoms. The summed E-state index contributed by atoms with van der Waals surface area (Å²) in [5.74, 6) is 0. The summed E-state index contributed by atoms with van der Waals surface area (Å²) in [5, 5.41) is 17.7. The van der Waals surface area contributed by atoms with Gasteiger partial charge in [0.1, 0.15) is 0 Å². The molecule has 0 saturated carbocycles. The van der Waals surface area contributed by atoms with E-state index < -0.39 is 0 Å². The standard InChI is InChI=1S/2C8H18O.2ClH.Ti/c2*1-3-4-5-6-7-8(2)9;;;/h2*8-9H,3-7H2,1-2H3;2*1H;/q;;;;+2/p-2. The van der Waals surface area contributed by atoms with E-state index in [1.54, 1.807) is 0 Å². The molecule has 2 N–H and O–H groups in total. The van der Waals surface area contributed by atoms with E-state index in [-0.39, 0.29) is 58.7 Å². The van der Waals surface area contributed by atoms with Gasteiger partial charge in [-0.05, 0) is 26.7 Å². The second kappa shape index (κ2) is 29.3. The van der Waals surface area contributed by atoms with Crippen LogP contribution in [0.15, 0.2) is 0 Å². The molecule has 0 aromatic rings. The first-order valence-corrected chi connectivity index (χ1v) is 7.90. The zero-order chi connectivity index (χ0) is 14.2. The largest absolute Gasteiger partial charge is 2.00 e. The van der Waals surface area contributed by atoms with Crippen LogP contribution >= 0.6 is 0 Å². The fraction of sp³-hybridized carbons (Fsp3) is 1.00. The molecule has 0 saturated heterocycles. The number of aliphatic hydroxyl groups excluding tert-OH is 2. The van der Waals surface area contributed by atoms with Crippen LogP contribution in [0.5, 0.6) is 0 Å². The summed E-state index contributed by atoms with van der Waals surface area (Å²) in [4.78, 5) is 0. The van der Waals surface area contributed by atoms with Gasteiger partial charge in [-0.15, -0.1) is 0 Å². The molecule has 0 rings (SSSR count). The molecule has 2 atom stereocenters. The van der Waals surface area contributed by atoms with E-state index in [0.717, 1.165) is 12.8 Å². The molecule has 0 aromatic carbocycles. The van der Waals surface area contributed by atoms with Gasteiger partial charge in [0, 0.05) is 0 Å². The first-order valence-electron chi connectivity index (χ1n) is 7.90. The number of halogens is 2. The van der Waals surface area contributed by atoms with Crippen LogP contribution in [0, 0.1) is 0 Å². The molecule has 0 aromatic heterocycles. The maximum Gasteiger partial charge on any atom is 2.00 e. The van der Waals surface area contributed by atoms with Crippen LogP contribution in [0.25, 0.3) is 0 Å². The smallest absolute Gasteiger partial charge is 1.00 e. The van der Waals surface area contributed by atoms with Crippen molar-refractivity contribution in [1.29, 1.82) is 0 Å². The molecule has 130 valence electrons. The van der Waals surface area contributed by atoms with Crippen LogP contribution in [0.3, 0.4) is 0 Å². The van der Waals surface area contributed by atoms with Gasteiger partial charge in [0.2, 0.25) is 0 Å². The number of unbranched alkanes of at least 4 members (excludes halogenated alkanes) is 6. The number of aliphatic hydroxyl groups is 2. The first-order chi connectivity index (χ1) is 8.54. The van der Waals surface area contributed by atoms with Crippen molar-refractivity contribution in [3.05, 3.63) is 0 Å². The van der Waals surface area contributed by atoms with Gasteiger partial charge in [0.05, 0.1) is 12.2 Å². The maximum absolute atomic E-state index is 8.85. The number of hydrogen-bond acceptors (Lipinski definition) is 2. The quantitative estimate of drug-likeness (QED) is 0.365. The van der Waals surface area contributed by atoms with E-state index in [4.69, 9.17) is 10.2 Å². The molecule has 0 aliphatic rings. The summed E-state index contributed by atoms with van der Waals surface area (Å²) in [6, 6.07) is 0. The molecule has 0 amide bonds. The predicted octanol–water partition coefficient (Wildman–Crippen LogP) is -1.32. The predicted molar refractivity (Wildman–Crippen MR) is 80.9 cm³/mol. The van der Waals surface area contributed by atoms with Crippen molar-refractivity contribution in [3.63, 3.8) is 0 Å². The molecular formula is C16H36Cl2O2Ti. The monoisotopic (exact) mass is 378 g/mol. The Balaban J connectivity index is -0.0000000711. The zero-order valence-corrected chi connectivity index (χ0v) is 17.4. The van der Waals surface area contributed by atoms with Gasteiger partial charge < -0.3 is 35.0 Å². The summed E-state index contributed by atoms with van der Waals surface area (Å²) in [6.07, 6.45) is 11.9. The Morgan fingerprint density at radius 2 is 0.905 bits per heavy atom. The molecule has 0 spiro atoms. The third kappa shape index (κ3) is 44.9. The average molecular weight is 379 g/mol. The van der Waals surface area contributed by atoms with Crippen LogP contribution in [0.4, 0.5) is 0 Å². The molecule has 0 aliphatic heterocycles. The van der Waals surface area contributed by atoms with Crippen molar-refractivity contribution in [1.82, 2.24) is 0 Å². The summed E-state index contributed by atoms with van der Waals surface area (Å²) in [5.41, 5.74) is 0. The summed E-state index contributed by atoms with van der Waals surface area (Å²) in [6.45, 7) is 8.10. The normalized spacial score (nSPS) is 11.7. The average Bonchev–Trinajstić information content (AvgIpc) is 2.31. The van der Waals surface area contributed by atoms with Gasteiger partial charge in [-0.1, -0.05) is 65.2 Å². The third-order valence-electron chi connectivity index (χ3n) is 2.95. The molecule has 0 radical (unpaired) electrons. The van der Waals surface area contributed by atoms with Gasteiger partial charge in [0.25, 0.3) is 0 Å². The fourth-order valence-electron chi connectivity index (χ4n) is 1.73. The Morgan fingerprint density at radius 1 is 0.619 bits per heavy atom. The summed E-state index contributed by atoms with van der Waals surface area (Å²) in [7, 11) is 0. The topological polar surface area (TPSA) is 40.5 Å². The minimum atomic E-state index is -0.0955. The molecule has 0 heterocycles. The van der Waals surface area contributed by atoms with Gasteiger partial charge in [-0.2, -0.15) is 0 Å². The minimum Gasteiger partial charge on any atom is -1.00 e. The van der Waals surface area contributed by atoms with E-state index in [9.17, 15) is 0 Å². The molecule has 2 unspecified atom stereocenters. The van der Waals surface area contributed by atoms with Crippen LogP contribution in [-0.4, -0.2) is 22.4 Å². The van der Waals surface area contributed by atoms with Crippen molar-refractivity contribution in [2.45, 2.75) is 104 Å². The van der Waals surface area contributed by atoms with Gasteiger partial charge in [0.15, 0.2) is 0 Å². The maximum atomic E-state index is 8.85. The molecule has 2 nitrogen and oxygen atoms in total. The van der Waals surface area contributed by atoms with Crippen LogP contribution < -0.4 is 24.8 Å². The van der Waals surface area contributed by atoms with Crippen molar-refractivity contribution in [2.75, 3.05) is 0 Å². The van der Waals surface area contributed by atoms with E-state index in [2.05, 4.69) is 13.8 Å². The van der Waals surface area contributed by atoms with Crippen molar-refractivity contribution < 1.29 is 56.7 Å². The molecular weight excluding hydrogens is 343 g/mol. The Labute approximate surface area is 160 Å². The fourth-order valence-corrected chi connectivity index (χ4v) is 1.73. The van der Waals surface area contributed by atoms with E-state index >= 15 is 0 Å². The van der Waals surface area contributed by atoms with Gasteiger partial charge >= 0.3 is 21.7 Å². The summed E-state index contributed by atoms with van der Waals surface area (Å²) < 4.78 is 0.